The minimum absolute atomic E-state index is 0.0334. The van der Waals surface area contributed by atoms with Crippen LogP contribution in [0, 0.1) is 0 Å². The van der Waals surface area contributed by atoms with E-state index in [2.05, 4.69) is 17.2 Å². The lowest BCUT2D eigenvalue weighted by Crippen LogP contribution is -2.38. The Morgan fingerprint density at radius 1 is 1.60 bits per heavy atom. The second kappa shape index (κ2) is 4.17. The van der Waals surface area contributed by atoms with E-state index in [-0.39, 0.29) is 11.9 Å². The number of hydrogen-bond acceptors (Lipinski definition) is 2. The van der Waals surface area contributed by atoms with Crippen LogP contribution in [0.1, 0.15) is 5.56 Å². The summed E-state index contributed by atoms with van der Waals surface area (Å²) in [5.41, 5.74) is 2.27. The summed E-state index contributed by atoms with van der Waals surface area (Å²) in [5.74, 6) is 0.0334. The van der Waals surface area contributed by atoms with E-state index < -0.39 is 0 Å². The largest absolute Gasteiger partial charge is 0.373 e. The highest BCUT2D eigenvalue weighted by molar-refractivity contribution is 5.87. The molecular weight excluding hydrogens is 188 g/mol. The molecule has 1 aromatic carbocycles. The molecule has 0 aliphatic carbocycles. The third-order valence-corrected chi connectivity index (χ3v) is 2.51. The summed E-state index contributed by atoms with van der Waals surface area (Å²) in [7, 11) is 0. The molecule has 1 unspecified atom stereocenters. The first kappa shape index (κ1) is 9.77. The summed E-state index contributed by atoms with van der Waals surface area (Å²) >= 11 is 0. The summed E-state index contributed by atoms with van der Waals surface area (Å²) in [5, 5.41) is 5.99. The van der Waals surface area contributed by atoms with Crippen molar-refractivity contribution in [3.8, 4) is 0 Å². The first-order chi connectivity index (χ1) is 7.31. The number of para-hydroxylation sites is 1. The fraction of sp³-hybridized carbons (Fsp3) is 0.250. The van der Waals surface area contributed by atoms with Gasteiger partial charge in [0.1, 0.15) is 6.04 Å². The highest BCUT2D eigenvalue weighted by atomic mass is 16.2. The minimum atomic E-state index is -0.137. The van der Waals surface area contributed by atoms with Gasteiger partial charge in [-0.3, -0.25) is 4.79 Å². The molecule has 0 bridgehead atoms. The first-order valence-electron chi connectivity index (χ1n) is 5.04. The Balaban J connectivity index is 2.00. The molecule has 0 fully saturated rings. The van der Waals surface area contributed by atoms with Gasteiger partial charge in [0.05, 0.1) is 0 Å². The van der Waals surface area contributed by atoms with E-state index >= 15 is 0 Å². The van der Waals surface area contributed by atoms with E-state index in [0.717, 1.165) is 12.1 Å². The predicted octanol–water partition coefficient (Wildman–Crippen LogP) is 1.33. The number of carbonyl (C=O) groups excluding carboxylic acids is 1. The lowest BCUT2D eigenvalue weighted by Gasteiger charge is -2.10. The monoisotopic (exact) mass is 202 g/mol. The molecule has 2 N–H and O–H groups in total. The van der Waals surface area contributed by atoms with E-state index in [9.17, 15) is 4.79 Å². The van der Waals surface area contributed by atoms with Crippen LogP contribution in [0.15, 0.2) is 36.9 Å². The summed E-state index contributed by atoms with van der Waals surface area (Å²) in [6.45, 7) is 4.08. The third kappa shape index (κ3) is 2.01. The molecule has 15 heavy (non-hydrogen) atoms. The van der Waals surface area contributed by atoms with Gasteiger partial charge in [-0.2, -0.15) is 0 Å². The van der Waals surface area contributed by atoms with Crippen molar-refractivity contribution in [2.75, 3.05) is 11.9 Å². The van der Waals surface area contributed by atoms with E-state index in [1.165, 1.54) is 5.56 Å². The summed E-state index contributed by atoms with van der Waals surface area (Å²) in [6.07, 6.45) is 2.44. The van der Waals surface area contributed by atoms with Crippen molar-refractivity contribution in [2.24, 2.45) is 0 Å². The number of hydrogen-bond donors (Lipinski definition) is 2. The molecule has 0 saturated carbocycles. The maximum Gasteiger partial charge on any atom is 0.243 e. The summed E-state index contributed by atoms with van der Waals surface area (Å²) in [6, 6.07) is 7.86. The van der Waals surface area contributed by atoms with Crippen LogP contribution in [-0.2, 0) is 11.2 Å². The van der Waals surface area contributed by atoms with Crippen molar-refractivity contribution in [1.29, 1.82) is 0 Å². The molecule has 3 heteroatoms. The van der Waals surface area contributed by atoms with Crippen LogP contribution < -0.4 is 10.6 Å². The molecule has 1 heterocycles. The van der Waals surface area contributed by atoms with Gasteiger partial charge in [0.15, 0.2) is 0 Å². The highest BCUT2D eigenvalue weighted by Gasteiger charge is 2.25. The predicted molar refractivity (Wildman–Crippen MR) is 60.8 cm³/mol. The Labute approximate surface area is 89.2 Å². The molecule has 1 amide bonds. The Hall–Kier alpha value is -1.77. The smallest absolute Gasteiger partial charge is 0.243 e. The van der Waals surface area contributed by atoms with E-state index in [0.29, 0.717) is 6.54 Å². The van der Waals surface area contributed by atoms with Gasteiger partial charge in [0, 0.05) is 18.7 Å². The third-order valence-electron chi connectivity index (χ3n) is 2.51. The number of carbonyl (C=O) groups is 1. The second-order valence-electron chi connectivity index (χ2n) is 3.59. The number of nitrogens with one attached hydrogen (secondary N) is 2. The van der Waals surface area contributed by atoms with Crippen LogP contribution in [-0.4, -0.2) is 18.5 Å². The highest BCUT2D eigenvalue weighted by Crippen LogP contribution is 2.24. The van der Waals surface area contributed by atoms with Gasteiger partial charge in [0.25, 0.3) is 0 Å². The second-order valence-corrected chi connectivity index (χ2v) is 3.59. The van der Waals surface area contributed by atoms with Crippen molar-refractivity contribution in [2.45, 2.75) is 12.5 Å². The van der Waals surface area contributed by atoms with Crippen molar-refractivity contribution in [1.82, 2.24) is 5.32 Å². The number of anilines is 1. The molecule has 78 valence electrons. The standard InChI is InChI=1S/C12H14N2O/c1-2-7-13-12(15)11-8-9-5-3-4-6-10(9)14-11/h2-6,11,14H,1,7-8H2,(H,13,15). The maximum absolute atomic E-state index is 11.7. The molecule has 1 aliphatic rings. The zero-order chi connectivity index (χ0) is 10.7. The quantitative estimate of drug-likeness (QED) is 0.726. The van der Waals surface area contributed by atoms with Crippen LogP contribution >= 0.6 is 0 Å². The number of rotatable bonds is 3. The number of amides is 1. The van der Waals surface area contributed by atoms with E-state index in [4.69, 9.17) is 0 Å². The normalized spacial score (nSPS) is 17.7. The van der Waals surface area contributed by atoms with E-state index in [1.807, 2.05) is 24.3 Å². The molecule has 0 saturated heterocycles. The van der Waals surface area contributed by atoms with Crippen LogP contribution in [0.2, 0.25) is 0 Å². The van der Waals surface area contributed by atoms with Crippen molar-refractivity contribution >= 4 is 11.6 Å². The van der Waals surface area contributed by atoms with Crippen LogP contribution in [0.5, 0.6) is 0 Å². The van der Waals surface area contributed by atoms with Crippen molar-refractivity contribution in [3.63, 3.8) is 0 Å². The van der Waals surface area contributed by atoms with Gasteiger partial charge >= 0.3 is 0 Å². The van der Waals surface area contributed by atoms with Gasteiger partial charge in [-0.25, -0.2) is 0 Å². The lowest BCUT2D eigenvalue weighted by atomic mass is 10.1. The Kier molecular flexibility index (Phi) is 2.72. The van der Waals surface area contributed by atoms with Crippen LogP contribution in [0.4, 0.5) is 5.69 Å². The molecule has 2 rings (SSSR count). The molecule has 0 aromatic heterocycles. The number of benzene rings is 1. The first-order valence-corrected chi connectivity index (χ1v) is 5.04. The zero-order valence-electron chi connectivity index (χ0n) is 8.49. The van der Waals surface area contributed by atoms with Crippen molar-refractivity contribution < 1.29 is 4.79 Å². The fourth-order valence-electron chi connectivity index (χ4n) is 1.75. The average molecular weight is 202 g/mol. The average Bonchev–Trinajstić information content (AvgIpc) is 2.69. The van der Waals surface area contributed by atoms with E-state index in [1.54, 1.807) is 6.08 Å². The SMILES string of the molecule is C=CCNC(=O)C1Cc2ccccc2N1. The minimum Gasteiger partial charge on any atom is -0.373 e. The molecular formula is C12H14N2O. The fourth-order valence-corrected chi connectivity index (χ4v) is 1.75. The van der Waals surface area contributed by atoms with Crippen LogP contribution in [0.3, 0.4) is 0 Å². The Bertz CT molecular complexity index is 362. The molecule has 0 spiro atoms. The maximum atomic E-state index is 11.7. The van der Waals surface area contributed by atoms with Gasteiger partial charge < -0.3 is 10.6 Å². The Morgan fingerprint density at radius 3 is 3.13 bits per heavy atom. The molecule has 1 aliphatic heterocycles. The lowest BCUT2D eigenvalue weighted by molar-refractivity contribution is -0.121. The molecule has 1 aromatic rings. The topological polar surface area (TPSA) is 41.1 Å². The molecule has 0 radical (unpaired) electrons. The van der Waals surface area contributed by atoms with Gasteiger partial charge in [-0.05, 0) is 11.6 Å². The summed E-state index contributed by atoms with van der Waals surface area (Å²) in [4.78, 5) is 11.7. The molecule has 3 nitrogen and oxygen atoms in total. The van der Waals surface area contributed by atoms with Crippen molar-refractivity contribution in [3.05, 3.63) is 42.5 Å². The van der Waals surface area contributed by atoms with Gasteiger partial charge in [-0.15, -0.1) is 6.58 Å². The van der Waals surface area contributed by atoms with Gasteiger partial charge in [-0.1, -0.05) is 24.3 Å². The Morgan fingerprint density at radius 2 is 2.40 bits per heavy atom. The van der Waals surface area contributed by atoms with Gasteiger partial charge in [0.2, 0.25) is 5.91 Å². The molecule has 1 atom stereocenters. The summed E-state index contributed by atoms with van der Waals surface area (Å²) < 4.78 is 0. The number of fused-ring (bicyclic) bond motifs is 1. The zero-order valence-corrected chi connectivity index (χ0v) is 8.49. The van der Waals surface area contributed by atoms with Crippen LogP contribution in [0.25, 0.3) is 0 Å².